The molecular weight excluding hydrogens is 336 g/mol. The molecule has 0 N–H and O–H groups in total. The molecule has 2 rings (SSSR count). The Balaban J connectivity index is 2.30. The van der Waals surface area contributed by atoms with Gasteiger partial charge in [-0.25, -0.2) is 4.68 Å². The zero-order valence-corrected chi connectivity index (χ0v) is 14.8. The third-order valence-corrected chi connectivity index (χ3v) is 4.58. The van der Waals surface area contributed by atoms with E-state index in [1.165, 1.54) is 0 Å². The lowest BCUT2D eigenvalue weighted by Gasteiger charge is -2.22. The summed E-state index contributed by atoms with van der Waals surface area (Å²) in [4.78, 5) is 18.2. The van der Waals surface area contributed by atoms with Crippen LogP contribution in [-0.2, 0) is 15.6 Å². The zero-order chi connectivity index (χ0) is 17.0. The smallest absolute Gasteiger partial charge is 0.230 e. The van der Waals surface area contributed by atoms with Crippen molar-refractivity contribution in [3.05, 3.63) is 35.9 Å². The van der Waals surface area contributed by atoms with E-state index in [2.05, 4.69) is 10.1 Å². The largest absolute Gasteiger partial charge is 0.308 e. The van der Waals surface area contributed by atoms with E-state index in [0.29, 0.717) is 18.0 Å². The van der Waals surface area contributed by atoms with Gasteiger partial charge in [0.2, 0.25) is 5.91 Å². The molecule has 0 spiro atoms. The van der Waals surface area contributed by atoms with Crippen LogP contribution in [0, 0.1) is 5.92 Å². The first-order chi connectivity index (χ1) is 10.9. The van der Waals surface area contributed by atoms with E-state index >= 15 is 0 Å². The second-order valence-corrected chi connectivity index (χ2v) is 7.02. The second kappa shape index (κ2) is 7.70. The molecule has 1 unspecified atom stereocenters. The Kier molecular flexibility index (Phi) is 5.90. The number of hydrogen-bond acceptors (Lipinski definition) is 4. The summed E-state index contributed by atoms with van der Waals surface area (Å²) in [6.45, 7) is 4.09. The van der Waals surface area contributed by atoms with Crippen LogP contribution in [0.2, 0.25) is 5.15 Å². The Morgan fingerprint density at radius 1 is 1.52 bits per heavy atom. The van der Waals surface area contributed by atoms with Gasteiger partial charge in [0.25, 0.3) is 0 Å². The highest BCUT2D eigenvalue weighted by Crippen LogP contribution is 2.27. The minimum Gasteiger partial charge on any atom is -0.308 e. The van der Waals surface area contributed by atoms with Gasteiger partial charge in [-0.2, -0.15) is 5.10 Å². The number of aromatic nitrogens is 3. The molecule has 2 aromatic rings. The first-order valence-electron chi connectivity index (χ1n) is 7.21. The van der Waals surface area contributed by atoms with E-state index in [1.807, 2.05) is 13.0 Å². The van der Waals surface area contributed by atoms with Crippen LogP contribution in [0.4, 0.5) is 5.69 Å². The Labute approximate surface area is 142 Å². The highest BCUT2D eigenvalue weighted by Gasteiger charge is 2.25. The molecule has 2 atom stereocenters. The molecule has 0 aliphatic carbocycles. The third-order valence-electron chi connectivity index (χ3n) is 3.34. The zero-order valence-electron chi connectivity index (χ0n) is 13.3. The van der Waals surface area contributed by atoms with Crippen LogP contribution in [0.5, 0.6) is 0 Å². The topological polar surface area (TPSA) is 68.1 Å². The highest BCUT2D eigenvalue weighted by molar-refractivity contribution is 7.84. The maximum Gasteiger partial charge on any atom is 0.230 e. The minimum atomic E-state index is -1.03. The average Bonchev–Trinajstić information content (AvgIpc) is 2.90. The second-order valence-electron chi connectivity index (χ2n) is 5.18. The Bertz CT molecular complexity index is 705. The van der Waals surface area contributed by atoms with Crippen molar-refractivity contribution < 1.29 is 9.00 Å². The van der Waals surface area contributed by atoms with Crippen molar-refractivity contribution in [3.63, 3.8) is 0 Å². The molecule has 0 aliphatic heterocycles. The molecule has 124 valence electrons. The lowest BCUT2D eigenvalue weighted by atomic mass is 10.2. The molecule has 0 saturated carbocycles. The maximum absolute atomic E-state index is 12.6. The third kappa shape index (κ3) is 4.17. The van der Waals surface area contributed by atoms with E-state index < -0.39 is 10.8 Å². The number of pyridine rings is 1. The number of rotatable bonds is 6. The summed E-state index contributed by atoms with van der Waals surface area (Å²) in [5.74, 6) is -0.141. The van der Waals surface area contributed by atoms with E-state index in [1.54, 1.807) is 47.4 Å². The van der Waals surface area contributed by atoms with E-state index in [4.69, 9.17) is 11.6 Å². The highest BCUT2D eigenvalue weighted by atomic mass is 35.5. The van der Waals surface area contributed by atoms with Crippen molar-refractivity contribution >= 4 is 34.0 Å². The van der Waals surface area contributed by atoms with Gasteiger partial charge < -0.3 is 4.90 Å². The summed E-state index contributed by atoms with van der Waals surface area (Å²) in [6, 6.07) is 3.65. The molecule has 8 heteroatoms. The Hall–Kier alpha value is -1.73. The van der Waals surface area contributed by atoms with Crippen molar-refractivity contribution in [2.75, 3.05) is 23.5 Å². The van der Waals surface area contributed by atoms with E-state index in [9.17, 15) is 9.00 Å². The normalized spacial score (nSPS) is 13.6. The van der Waals surface area contributed by atoms with Gasteiger partial charge in [0, 0.05) is 41.5 Å². The van der Waals surface area contributed by atoms with E-state index in [-0.39, 0.29) is 17.0 Å². The van der Waals surface area contributed by atoms with Crippen molar-refractivity contribution in [2.24, 2.45) is 5.92 Å². The van der Waals surface area contributed by atoms with Crippen LogP contribution in [0.1, 0.15) is 13.8 Å². The van der Waals surface area contributed by atoms with Crippen molar-refractivity contribution in [3.8, 4) is 5.69 Å². The maximum atomic E-state index is 12.6. The number of anilines is 1. The molecule has 0 fully saturated rings. The Morgan fingerprint density at radius 3 is 2.83 bits per heavy atom. The van der Waals surface area contributed by atoms with Gasteiger partial charge >= 0.3 is 0 Å². The number of carbonyl (C=O) groups is 1. The van der Waals surface area contributed by atoms with Crippen molar-refractivity contribution in [1.82, 2.24) is 14.8 Å². The molecule has 23 heavy (non-hydrogen) atoms. The van der Waals surface area contributed by atoms with Crippen molar-refractivity contribution in [1.29, 1.82) is 0 Å². The molecule has 1 amide bonds. The number of nitrogens with zero attached hydrogens (tertiary/aromatic N) is 4. The van der Waals surface area contributed by atoms with Crippen LogP contribution in [0.25, 0.3) is 5.69 Å². The first-order valence-corrected chi connectivity index (χ1v) is 9.31. The average molecular weight is 355 g/mol. The molecule has 0 radical (unpaired) electrons. The molecule has 0 saturated heterocycles. The summed E-state index contributed by atoms with van der Waals surface area (Å²) in [5, 5.41) is 4.48. The Morgan fingerprint density at radius 2 is 2.26 bits per heavy atom. The molecule has 6 nitrogen and oxygen atoms in total. The lowest BCUT2D eigenvalue weighted by Crippen LogP contribution is -2.37. The predicted octanol–water partition coefficient (Wildman–Crippen LogP) is 2.29. The van der Waals surface area contributed by atoms with Crippen LogP contribution in [0.15, 0.2) is 30.7 Å². The number of hydrogen-bond donors (Lipinski definition) is 0. The lowest BCUT2D eigenvalue weighted by molar-refractivity contribution is -0.121. The summed E-state index contributed by atoms with van der Waals surface area (Å²) in [5.41, 5.74) is 1.30. The van der Waals surface area contributed by atoms with Gasteiger partial charge in [0.05, 0.1) is 18.1 Å². The number of halogens is 1. The van der Waals surface area contributed by atoms with Crippen LogP contribution >= 0.6 is 11.6 Å². The van der Waals surface area contributed by atoms with Crippen LogP contribution < -0.4 is 4.90 Å². The van der Waals surface area contributed by atoms with Gasteiger partial charge in [-0.3, -0.25) is 14.0 Å². The fourth-order valence-electron chi connectivity index (χ4n) is 2.28. The first kappa shape index (κ1) is 17.6. The van der Waals surface area contributed by atoms with E-state index in [0.717, 1.165) is 5.69 Å². The van der Waals surface area contributed by atoms with Crippen molar-refractivity contribution in [2.45, 2.75) is 13.8 Å². The summed E-state index contributed by atoms with van der Waals surface area (Å²) in [7, 11) is -1.03. The van der Waals surface area contributed by atoms with Gasteiger partial charge in [-0.15, -0.1) is 0 Å². The molecule has 0 bridgehead atoms. The fraction of sp³-hybridized carbons (Fsp3) is 0.400. The number of amides is 1. The van der Waals surface area contributed by atoms with Crippen LogP contribution in [-0.4, -0.2) is 43.4 Å². The van der Waals surface area contributed by atoms with Gasteiger partial charge in [-0.1, -0.05) is 18.5 Å². The molecule has 2 heterocycles. The summed E-state index contributed by atoms with van der Waals surface area (Å²) < 4.78 is 12.9. The minimum absolute atomic E-state index is 0.115. The summed E-state index contributed by atoms with van der Waals surface area (Å²) >= 11 is 6.22. The fourth-order valence-corrected chi connectivity index (χ4v) is 3.36. The summed E-state index contributed by atoms with van der Waals surface area (Å²) in [6.07, 6.45) is 6.63. The van der Waals surface area contributed by atoms with Gasteiger partial charge in [0.15, 0.2) is 5.15 Å². The standard InChI is InChI=1S/C15H19ClN4O2S/c1-4-19(15(21)11(2)10-23(3)22)13-9-20(18-14(13)16)12-6-5-7-17-8-12/h5-9,11H,4,10H2,1-3H3/t11-,23?/m1/s1. The monoisotopic (exact) mass is 354 g/mol. The predicted molar refractivity (Wildman–Crippen MR) is 92.5 cm³/mol. The molecule has 0 aliphatic rings. The number of carbonyl (C=O) groups excluding carboxylic acids is 1. The van der Waals surface area contributed by atoms with Gasteiger partial charge in [-0.05, 0) is 19.1 Å². The molecular formula is C15H19ClN4O2S. The quantitative estimate of drug-likeness (QED) is 0.798. The van der Waals surface area contributed by atoms with Crippen LogP contribution in [0.3, 0.4) is 0 Å². The molecule has 0 aromatic carbocycles. The molecule has 2 aromatic heterocycles. The SMILES string of the molecule is CCN(C(=O)[C@H](C)CS(C)=O)c1cn(-c2cccnc2)nc1Cl. The van der Waals surface area contributed by atoms with Gasteiger partial charge in [0.1, 0.15) is 5.69 Å².